The monoisotopic (exact) mass is 266 g/mol. The number of halogens is 1. The molecule has 2 aromatic rings. The quantitative estimate of drug-likeness (QED) is 0.683. The Balaban J connectivity index is 2.36. The predicted octanol–water partition coefficient (Wildman–Crippen LogP) is 2.59. The highest BCUT2D eigenvalue weighted by Crippen LogP contribution is 2.27. The van der Waals surface area contributed by atoms with Crippen LogP contribution in [-0.2, 0) is 13.2 Å². The summed E-state index contributed by atoms with van der Waals surface area (Å²) in [5.74, 6) is 0. The van der Waals surface area contributed by atoms with Gasteiger partial charge in [0.05, 0.1) is 28.7 Å². The fraction of sp³-hybridized carbons (Fsp3) is 0.167. The Morgan fingerprint density at radius 3 is 2.78 bits per heavy atom. The Labute approximate surface area is 108 Å². The van der Waals surface area contributed by atoms with Crippen LogP contribution in [0.2, 0.25) is 5.02 Å². The van der Waals surface area contributed by atoms with Crippen molar-refractivity contribution < 1.29 is 10.0 Å². The summed E-state index contributed by atoms with van der Waals surface area (Å²) in [6.45, 7) is 0.244. The third-order valence-electron chi connectivity index (χ3n) is 2.63. The van der Waals surface area contributed by atoms with Gasteiger partial charge < -0.3 is 9.67 Å². The zero-order valence-electron chi connectivity index (χ0n) is 9.41. The van der Waals surface area contributed by atoms with E-state index in [1.165, 1.54) is 6.07 Å². The Hall–Kier alpha value is -1.85. The molecule has 0 aliphatic carbocycles. The molecule has 0 fully saturated rings. The third-order valence-corrected chi connectivity index (χ3v) is 2.98. The molecule has 0 spiro atoms. The molecule has 1 heterocycles. The van der Waals surface area contributed by atoms with E-state index < -0.39 is 4.92 Å². The van der Waals surface area contributed by atoms with E-state index >= 15 is 0 Å². The molecule has 0 amide bonds. The van der Waals surface area contributed by atoms with E-state index in [4.69, 9.17) is 16.7 Å². The van der Waals surface area contributed by atoms with E-state index in [0.717, 1.165) is 5.56 Å². The standard InChI is InChI=1S/C12H11ClN2O3/c13-11-2-1-3-12(15(17)18)10(11)7-14-5-4-9(6-14)8-16/h1-6,16H,7-8H2. The fourth-order valence-corrected chi connectivity index (χ4v) is 1.97. The van der Waals surface area contributed by atoms with Crippen molar-refractivity contribution >= 4 is 17.3 Å². The van der Waals surface area contributed by atoms with Crippen LogP contribution in [0.25, 0.3) is 0 Å². The highest BCUT2D eigenvalue weighted by molar-refractivity contribution is 6.31. The molecule has 0 atom stereocenters. The van der Waals surface area contributed by atoms with Crippen LogP contribution in [-0.4, -0.2) is 14.6 Å². The molecule has 1 N–H and O–H groups in total. The fourth-order valence-electron chi connectivity index (χ4n) is 1.74. The smallest absolute Gasteiger partial charge is 0.275 e. The van der Waals surface area contributed by atoms with Gasteiger partial charge in [0.15, 0.2) is 0 Å². The molecule has 1 aromatic carbocycles. The second-order valence-corrected chi connectivity index (χ2v) is 4.25. The molecule has 94 valence electrons. The maximum Gasteiger partial charge on any atom is 0.275 e. The van der Waals surface area contributed by atoms with Crippen molar-refractivity contribution in [2.24, 2.45) is 0 Å². The molecule has 0 bridgehead atoms. The van der Waals surface area contributed by atoms with Crippen LogP contribution in [0.4, 0.5) is 5.69 Å². The van der Waals surface area contributed by atoms with E-state index in [1.807, 2.05) is 0 Å². The lowest BCUT2D eigenvalue weighted by molar-refractivity contribution is -0.385. The van der Waals surface area contributed by atoms with Crippen molar-refractivity contribution in [3.63, 3.8) is 0 Å². The molecule has 0 saturated carbocycles. The van der Waals surface area contributed by atoms with Gasteiger partial charge in [-0.3, -0.25) is 10.1 Å². The zero-order chi connectivity index (χ0) is 13.1. The first kappa shape index (κ1) is 12.6. The Morgan fingerprint density at radius 2 is 2.17 bits per heavy atom. The first-order chi connectivity index (χ1) is 8.61. The first-order valence-electron chi connectivity index (χ1n) is 5.29. The van der Waals surface area contributed by atoms with Crippen LogP contribution in [0.1, 0.15) is 11.1 Å². The molecule has 0 radical (unpaired) electrons. The number of hydrogen-bond donors (Lipinski definition) is 1. The van der Waals surface area contributed by atoms with Crippen molar-refractivity contribution in [2.75, 3.05) is 0 Å². The van der Waals surface area contributed by atoms with Crippen LogP contribution >= 0.6 is 11.6 Å². The largest absolute Gasteiger partial charge is 0.392 e. The number of nitrogens with zero attached hydrogens (tertiary/aromatic N) is 2. The lowest BCUT2D eigenvalue weighted by atomic mass is 10.2. The summed E-state index contributed by atoms with van der Waals surface area (Å²) in [5, 5.41) is 20.3. The van der Waals surface area contributed by atoms with Crippen molar-refractivity contribution in [1.29, 1.82) is 0 Å². The maximum atomic E-state index is 10.9. The summed E-state index contributed by atoms with van der Waals surface area (Å²) >= 11 is 6.00. The van der Waals surface area contributed by atoms with Gasteiger partial charge in [0.1, 0.15) is 0 Å². The average molecular weight is 267 g/mol. The molecule has 0 aliphatic rings. The van der Waals surface area contributed by atoms with Gasteiger partial charge in [-0.2, -0.15) is 0 Å². The normalized spacial score (nSPS) is 10.6. The zero-order valence-corrected chi connectivity index (χ0v) is 10.2. The molecular weight excluding hydrogens is 256 g/mol. The predicted molar refractivity (Wildman–Crippen MR) is 67.6 cm³/mol. The summed E-state index contributed by atoms with van der Waals surface area (Å²) in [6.07, 6.45) is 3.48. The minimum absolute atomic E-state index is 0.00162. The van der Waals surface area contributed by atoms with Gasteiger partial charge >= 0.3 is 0 Å². The Morgan fingerprint density at radius 1 is 1.39 bits per heavy atom. The van der Waals surface area contributed by atoms with E-state index in [9.17, 15) is 10.1 Å². The van der Waals surface area contributed by atoms with Crippen molar-refractivity contribution in [3.8, 4) is 0 Å². The van der Waals surface area contributed by atoms with E-state index in [-0.39, 0.29) is 12.3 Å². The molecular formula is C12H11ClN2O3. The summed E-state index contributed by atoms with van der Waals surface area (Å²) in [4.78, 5) is 10.5. The van der Waals surface area contributed by atoms with Crippen molar-refractivity contribution in [1.82, 2.24) is 4.57 Å². The van der Waals surface area contributed by atoms with Gasteiger partial charge in [0.25, 0.3) is 5.69 Å². The number of rotatable bonds is 4. The van der Waals surface area contributed by atoms with Crippen molar-refractivity contribution in [3.05, 3.63) is 62.9 Å². The van der Waals surface area contributed by atoms with Gasteiger partial charge in [-0.1, -0.05) is 17.7 Å². The number of nitro benzene ring substituents is 1. The number of benzene rings is 1. The second-order valence-electron chi connectivity index (χ2n) is 3.84. The lowest BCUT2D eigenvalue weighted by Gasteiger charge is -2.06. The molecule has 6 heteroatoms. The molecule has 2 rings (SSSR count). The Bertz CT molecular complexity index is 580. The molecule has 0 aliphatic heterocycles. The maximum absolute atomic E-state index is 10.9. The van der Waals surface area contributed by atoms with Gasteiger partial charge in [0, 0.05) is 18.5 Å². The van der Waals surface area contributed by atoms with Gasteiger partial charge in [-0.05, 0) is 17.7 Å². The van der Waals surface area contributed by atoms with E-state index in [0.29, 0.717) is 17.1 Å². The summed E-state index contributed by atoms with van der Waals surface area (Å²) in [7, 11) is 0. The number of aromatic nitrogens is 1. The SMILES string of the molecule is O=[N+]([O-])c1cccc(Cl)c1Cn1ccc(CO)c1. The number of nitro groups is 1. The highest BCUT2D eigenvalue weighted by atomic mass is 35.5. The van der Waals surface area contributed by atoms with Crippen LogP contribution in [0.15, 0.2) is 36.7 Å². The second kappa shape index (κ2) is 5.20. The minimum Gasteiger partial charge on any atom is -0.392 e. The first-order valence-corrected chi connectivity index (χ1v) is 5.67. The van der Waals surface area contributed by atoms with Crippen LogP contribution in [0, 0.1) is 10.1 Å². The lowest BCUT2D eigenvalue weighted by Crippen LogP contribution is -2.02. The van der Waals surface area contributed by atoms with Crippen LogP contribution in [0.5, 0.6) is 0 Å². The third kappa shape index (κ3) is 2.52. The minimum atomic E-state index is -0.447. The highest BCUT2D eigenvalue weighted by Gasteiger charge is 2.16. The van der Waals surface area contributed by atoms with Gasteiger partial charge in [0.2, 0.25) is 0 Å². The number of aliphatic hydroxyl groups is 1. The Kier molecular flexibility index (Phi) is 3.64. The summed E-state index contributed by atoms with van der Waals surface area (Å²) < 4.78 is 1.75. The topological polar surface area (TPSA) is 68.3 Å². The average Bonchev–Trinajstić information content (AvgIpc) is 2.79. The van der Waals surface area contributed by atoms with E-state index in [1.54, 1.807) is 35.2 Å². The summed E-state index contributed by atoms with van der Waals surface area (Å²) in [5.41, 5.74) is 1.22. The summed E-state index contributed by atoms with van der Waals surface area (Å²) in [6, 6.07) is 6.36. The number of aliphatic hydroxyl groups excluding tert-OH is 1. The van der Waals surface area contributed by atoms with Crippen LogP contribution in [0.3, 0.4) is 0 Å². The van der Waals surface area contributed by atoms with Gasteiger partial charge in [-0.15, -0.1) is 0 Å². The molecule has 18 heavy (non-hydrogen) atoms. The molecule has 0 saturated heterocycles. The van der Waals surface area contributed by atoms with E-state index in [2.05, 4.69) is 0 Å². The molecule has 5 nitrogen and oxygen atoms in total. The van der Waals surface area contributed by atoms with Crippen molar-refractivity contribution in [2.45, 2.75) is 13.2 Å². The van der Waals surface area contributed by atoms with Gasteiger partial charge in [-0.25, -0.2) is 0 Å². The molecule has 0 unspecified atom stereocenters. The number of hydrogen-bond acceptors (Lipinski definition) is 3. The molecule has 1 aromatic heterocycles. The van der Waals surface area contributed by atoms with Crippen LogP contribution < -0.4 is 0 Å².